The van der Waals surface area contributed by atoms with E-state index in [1.54, 1.807) is 41.3 Å². The van der Waals surface area contributed by atoms with Crippen LogP contribution in [0.5, 0.6) is 0 Å². The number of rotatable bonds is 4. The minimum Gasteiger partial charge on any atom is -0.441 e. The van der Waals surface area contributed by atoms with Crippen LogP contribution in [0, 0.1) is 11.3 Å². The number of nitriles is 1. The van der Waals surface area contributed by atoms with Gasteiger partial charge in [-0.1, -0.05) is 18.2 Å². The van der Waals surface area contributed by atoms with E-state index in [1.807, 2.05) is 6.07 Å². The van der Waals surface area contributed by atoms with Crippen LogP contribution in [-0.2, 0) is 11.3 Å². The Morgan fingerprint density at radius 1 is 1.18 bits per heavy atom. The lowest BCUT2D eigenvalue weighted by molar-refractivity contribution is -0.0328. The van der Waals surface area contributed by atoms with Crippen molar-refractivity contribution >= 4 is 29.6 Å². The number of hydrogen-bond donors (Lipinski definition) is 1. The maximum atomic E-state index is 12.6. The highest BCUT2D eigenvalue weighted by Crippen LogP contribution is 2.37. The molecule has 0 saturated carbocycles. The molecule has 1 N–H and O–H groups in total. The van der Waals surface area contributed by atoms with Gasteiger partial charge in [0.1, 0.15) is 5.60 Å². The molecule has 2 saturated heterocycles. The molecule has 0 radical (unpaired) electrons. The van der Waals surface area contributed by atoms with E-state index in [-0.39, 0.29) is 29.2 Å². The molecule has 0 aliphatic carbocycles. The average Bonchev–Trinajstić information content (AvgIpc) is 3.08. The van der Waals surface area contributed by atoms with E-state index in [4.69, 9.17) is 10.00 Å². The molecule has 2 aromatic rings. The summed E-state index contributed by atoms with van der Waals surface area (Å²) in [6, 6.07) is 14.3. The maximum Gasteiger partial charge on any atom is 0.446 e. The van der Waals surface area contributed by atoms with Gasteiger partial charge in [-0.2, -0.15) is 18.4 Å². The summed E-state index contributed by atoms with van der Waals surface area (Å²) >= 11 is -0.182. The molecule has 1 spiro atoms. The first kappa shape index (κ1) is 23.8. The van der Waals surface area contributed by atoms with Gasteiger partial charge in [-0.25, -0.2) is 9.59 Å². The van der Waals surface area contributed by atoms with Gasteiger partial charge in [0.05, 0.1) is 18.2 Å². The van der Waals surface area contributed by atoms with Crippen molar-refractivity contribution in [1.82, 2.24) is 9.80 Å². The number of urea groups is 1. The molecule has 7 nitrogen and oxygen atoms in total. The highest BCUT2D eigenvalue weighted by molar-refractivity contribution is 8.00. The molecule has 178 valence electrons. The summed E-state index contributed by atoms with van der Waals surface area (Å²) in [7, 11) is 0. The van der Waals surface area contributed by atoms with Crippen molar-refractivity contribution in [2.24, 2.45) is 0 Å². The van der Waals surface area contributed by atoms with Crippen LogP contribution in [0.3, 0.4) is 0 Å². The third-order valence-electron chi connectivity index (χ3n) is 5.78. The summed E-state index contributed by atoms with van der Waals surface area (Å²) in [4.78, 5) is 28.3. The van der Waals surface area contributed by atoms with Gasteiger partial charge >= 0.3 is 17.6 Å². The summed E-state index contributed by atoms with van der Waals surface area (Å²) in [5.74, 6) is 0. The van der Waals surface area contributed by atoms with E-state index in [1.165, 1.54) is 17.0 Å². The number of carbonyl (C=O) groups excluding carboxylic acids is 2. The van der Waals surface area contributed by atoms with Gasteiger partial charge in [0.15, 0.2) is 0 Å². The number of carbonyl (C=O) groups is 2. The highest BCUT2D eigenvalue weighted by Gasteiger charge is 2.47. The Morgan fingerprint density at radius 3 is 2.53 bits per heavy atom. The Balaban J connectivity index is 1.30. The number of thioether (sulfide) groups is 1. The molecule has 2 aliphatic rings. The predicted octanol–water partition coefficient (Wildman–Crippen LogP) is 5.19. The van der Waals surface area contributed by atoms with Crippen molar-refractivity contribution in [3.8, 4) is 6.07 Å². The number of piperidine rings is 1. The van der Waals surface area contributed by atoms with Crippen LogP contribution in [0.15, 0.2) is 53.4 Å². The largest absolute Gasteiger partial charge is 0.446 e. The van der Waals surface area contributed by atoms with Gasteiger partial charge in [0, 0.05) is 43.1 Å². The van der Waals surface area contributed by atoms with E-state index in [0.717, 1.165) is 0 Å². The minimum atomic E-state index is -4.35. The van der Waals surface area contributed by atoms with Crippen LogP contribution in [0.25, 0.3) is 0 Å². The molecule has 11 heteroatoms. The van der Waals surface area contributed by atoms with Crippen molar-refractivity contribution < 1.29 is 27.5 Å². The number of anilines is 1. The standard InChI is InChI=1S/C23H21F3N4O3S/c24-23(25,26)34-19-6-4-16(5-7-19)14-30-15-22(33-21(30)32)8-10-29(11-9-22)20(31)28-18-3-1-2-17(12-18)13-27/h1-7,12H,8-11,14-15H2,(H,28,31). The van der Waals surface area contributed by atoms with Gasteiger partial charge in [-0.05, 0) is 47.7 Å². The molecule has 34 heavy (non-hydrogen) atoms. The summed E-state index contributed by atoms with van der Waals surface area (Å²) in [5, 5.41) is 11.8. The monoisotopic (exact) mass is 490 g/mol. The van der Waals surface area contributed by atoms with Crippen molar-refractivity contribution in [2.75, 3.05) is 25.0 Å². The molecule has 2 aromatic carbocycles. The van der Waals surface area contributed by atoms with Crippen LogP contribution in [0.1, 0.15) is 24.0 Å². The fourth-order valence-electron chi connectivity index (χ4n) is 4.08. The number of nitrogens with one attached hydrogen (secondary N) is 1. The second-order valence-corrected chi connectivity index (χ2v) is 9.35. The lowest BCUT2D eigenvalue weighted by Gasteiger charge is -2.37. The quantitative estimate of drug-likeness (QED) is 0.597. The number of amides is 3. The Kier molecular flexibility index (Phi) is 6.61. The summed E-state index contributed by atoms with van der Waals surface area (Å²) < 4.78 is 43.2. The number of ether oxygens (including phenoxy) is 1. The molecule has 2 heterocycles. The van der Waals surface area contributed by atoms with Crippen molar-refractivity contribution in [3.63, 3.8) is 0 Å². The second kappa shape index (κ2) is 9.46. The third kappa shape index (κ3) is 5.75. The van der Waals surface area contributed by atoms with Crippen LogP contribution in [0.4, 0.5) is 28.4 Å². The number of halogens is 3. The van der Waals surface area contributed by atoms with Gasteiger partial charge < -0.3 is 15.0 Å². The Bertz CT molecular complexity index is 1110. The molecule has 0 bridgehead atoms. The Hall–Kier alpha value is -3.39. The zero-order valence-electron chi connectivity index (χ0n) is 18.0. The van der Waals surface area contributed by atoms with Crippen LogP contribution < -0.4 is 5.32 Å². The molecule has 2 aliphatic heterocycles. The highest BCUT2D eigenvalue weighted by atomic mass is 32.2. The summed E-state index contributed by atoms with van der Waals surface area (Å²) in [6.07, 6.45) is 0.476. The molecule has 4 rings (SSSR count). The fraction of sp³-hybridized carbons (Fsp3) is 0.348. The van der Waals surface area contributed by atoms with Crippen LogP contribution in [0.2, 0.25) is 0 Å². The van der Waals surface area contributed by atoms with E-state index in [9.17, 15) is 22.8 Å². The Morgan fingerprint density at radius 2 is 1.88 bits per heavy atom. The van der Waals surface area contributed by atoms with E-state index < -0.39 is 17.2 Å². The molecule has 3 amide bonds. The third-order valence-corrected chi connectivity index (χ3v) is 6.52. The van der Waals surface area contributed by atoms with E-state index in [0.29, 0.717) is 49.3 Å². The molecular formula is C23H21F3N4O3S. The zero-order chi connectivity index (χ0) is 24.3. The SMILES string of the molecule is N#Cc1cccc(NC(=O)N2CCC3(CC2)CN(Cc2ccc(SC(F)(F)F)cc2)C(=O)O3)c1. The van der Waals surface area contributed by atoms with Crippen LogP contribution in [-0.4, -0.2) is 52.7 Å². The Labute approximate surface area is 198 Å². The second-order valence-electron chi connectivity index (χ2n) is 8.21. The lowest BCUT2D eigenvalue weighted by atomic mass is 9.91. The minimum absolute atomic E-state index is 0.0849. The van der Waals surface area contributed by atoms with Gasteiger partial charge in [0.25, 0.3) is 0 Å². The van der Waals surface area contributed by atoms with E-state index >= 15 is 0 Å². The van der Waals surface area contributed by atoms with Gasteiger partial charge in [-0.3, -0.25) is 4.90 Å². The molecule has 0 atom stereocenters. The number of nitrogens with zero attached hydrogens (tertiary/aromatic N) is 3. The molecule has 0 unspecified atom stereocenters. The molecule has 2 fully saturated rings. The fourth-order valence-corrected chi connectivity index (χ4v) is 4.62. The molecular weight excluding hydrogens is 469 g/mol. The van der Waals surface area contributed by atoms with Gasteiger partial charge in [0.2, 0.25) is 0 Å². The number of benzene rings is 2. The first-order valence-electron chi connectivity index (χ1n) is 10.5. The number of alkyl halides is 3. The predicted molar refractivity (Wildman–Crippen MR) is 119 cm³/mol. The smallest absolute Gasteiger partial charge is 0.441 e. The normalized spacial score (nSPS) is 17.4. The first-order valence-corrected chi connectivity index (χ1v) is 11.4. The average molecular weight is 491 g/mol. The van der Waals surface area contributed by atoms with Crippen LogP contribution >= 0.6 is 11.8 Å². The maximum absolute atomic E-state index is 12.6. The van der Waals surface area contributed by atoms with Crippen molar-refractivity contribution in [3.05, 3.63) is 59.7 Å². The van der Waals surface area contributed by atoms with Crippen molar-refractivity contribution in [2.45, 2.75) is 35.4 Å². The van der Waals surface area contributed by atoms with Crippen molar-refractivity contribution in [1.29, 1.82) is 5.26 Å². The van der Waals surface area contributed by atoms with E-state index in [2.05, 4.69) is 5.32 Å². The number of likely N-dealkylation sites (tertiary alicyclic amines) is 1. The zero-order valence-corrected chi connectivity index (χ0v) is 18.8. The molecule has 0 aromatic heterocycles. The lowest BCUT2D eigenvalue weighted by Crippen LogP contribution is -2.49. The summed E-state index contributed by atoms with van der Waals surface area (Å²) in [5.41, 5.74) is -3.36. The van der Waals surface area contributed by atoms with Gasteiger partial charge in [-0.15, -0.1) is 0 Å². The summed E-state index contributed by atoms with van der Waals surface area (Å²) in [6.45, 7) is 1.38. The topological polar surface area (TPSA) is 85.7 Å². The first-order chi connectivity index (χ1) is 16.1. The number of hydrogen-bond acceptors (Lipinski definition) is 5.